The number of aryl methyl sites for hydroxylation is 1. The molecule has 5 aromatic rings. The van der Waals surface area contributed by atoms with Crippen molar-refractivity contribution in [1.82, 2.24) is 20.6 Å². The van der Waals surface area contributed by atoms with Crippen molar-refractivity contribution in [3.8, 4) is 22.9 Å². The van der Waals surface area contributed by atoms with Gasteiger partial charge in [0.15, 0.2) is 17.4 Å². The first-order valence-corrected chi connectivity index (χ1v) is 14.6. The maximum Gasteiger partial charge on any atom is 0.204 e. The number of rotatable bonds is 11. The lowest BCUT2D eigenvalue weighted by Crippen LogP contribution is -2.10. The second-order valence-electron chi connectivity index (χ2n) is 12.0. The van der Waals surface area contributed by atoms with E-state index in [1.54, 1.807) is 0 Å². The fraction of sp³-hybridized carbons (Fsp3) is 0.250. The highest BCUT2D eigenvalue weighted by atomic mass is 19.1. The fourth-order valence-corrected chi connectivity index (χ4v) is 5.01. The van der Waals surface area contributed by atoms with Crippen molar-refractivity contribution in [3.05, 3.63) is 130 Å². The highest BCUT2D eigenvalue weighted by Gasteiger charge is 2.15. The second kappa shape index (κ2) is 13.6. The van der Waals surface area contributed by atoms with Crippen molar-refractivity contribution in [2.45, 2.75) is 52.1 Å². The van der Waals surface area contributed by atoms with E-state index >= 15 is 0 Å². The summed E-state index contributed by atoms with van der Waals surface area (Å²) in [4.78, 5) is 0. The first-order valence-electron chi connectivity index (χ1n) is 14.6. The Balaban J connectivity index is 1.31. The minimum absolute atomic E-state index is 0.0479. The molecule has 0 bridgehead atoms. The van der Waals surface area contributed by atoms with Crippen LogP contribution in [-0.2, 0) is 24.9 Å². The quantitative estimate of drug-likeness (QED) is 0.161. The molecule has 2 N–H and O–H groups in total. The van der Waals surface area contributed by atoms with Gasteiger partial charge in [0.1, 0.15) is 12.4 Å². The molecule has 226 valence electrons. The van der Waals surface area contributed by atoms with Crippen LogP contribution in [0.5, 0.6) is 11.5 Å². The minimum Gasteiger partial charge on any atom is -0.503 e. The van der Waals surface area contributed by atoms with Crippen molar-refractivity contribution in [2.75, 3.05) is 0 Å². The zero-order valence-electron chi connectivity index (χ0n) is 25.1. The van der Waals surface area contributed by atoms with Gasteiger partial charge in [0.25, 0.3) is 0 Å². The van der Waals surface area contributed by atoms with Crippen LogP contribution >= 0.6 is 0 Å². The summed E-state index contributed by atoms with van der Waals surface area (Å²) in [6.07, 6.45) is 5.94. The number of nitrogens with zero attached hydrogens (tertiary/aromatic N) is 3. The number of H-pyrrole nitrogens is 1. The van der Waals surface area contributed by atoms with Gasteiger partial charge in [-0.15, -0.1) is 10.2 Å². The number of phenolic OH excluding ortho intramolecular Hbond substituents is 1. The molecule has 0 saturated heterocycles. The van der Waals surface area contributed by atoms with Crippen LogP contribution in [0.15, 0.2) is 91.0 Å². The average Bonchev–Trinajstić information content (AvgIpc) is 3.56. The fourth-order valence-electron chi connectivity index (χ4n) is 5.01. The zero-order valence-corrected chi connectivity index (χ0v) is 25.1. The van der Waals surface area contributed by atoms with Crippen molar-refractivity contribution >= 4 is 6.08 Å². The van der Waals surface area contributed by atoms with Crippen LogP contribution in [0.2, 0.25) is 0 Å². The summed E-state index contributed by atoms with van der Waals surface area (Å²) in [5.41, 5.74) is 5.79. The molecule has 0 amide bonds. The molecule has 5 rings (SSSR count). The topological polar surface area (TPSA) is 83.9 Å². The Morgan fingerprint density at radius 1 is 0.886 bits per heavy atom. The third-order valence-electron chi connectivity index (χ3n) is 7.62. The number of halogens is 2. The molecule has 4 aromatic carbocycles. The Morgan fingerprint density at radius 3 is 2.23 bits per heavy atom. The molecule has 8 heteroatoms. The third kappa shape index (κ3) is 7.95. The molecule has 1 heterocycles. The summed E-state index contributed by atoms with van der Waals surface area (Å²) in [5.74, 6) is -1.66. The lowest BCUT2D eigenvalue weighted by Gasteiger charge is -2.19. The van der Waals surface area contributed by atoms with Crippen LogP contribution < -0.4 is 4.74 Å². The first-order chi connectivity index (χ1) is 21.2. The molecule has 0 fully saturated rings. The van der Waals surface area contributed by atoms with Crippen LogP contribution in [0.4, 0.5) is 8.78 Å². The predicted octanol–water partition coefficient (Wildman–Crippen LogP) is 8.23. The van der Waals surface area contributed by atoms with Gasteiger partial charge in [-0.1, -0.05) is 99.7 Å². The van der Waals surface area contributed by atoms with E-state index in [4.69, 9.17) is 4.74 Å². The van der Waals surface area contributed by atoms with E-state index in [2.05, 4.69) is 71.7 Å². The second-order valence-corrected chi connectivity index (χ2v) is 12.0. The Hall–Kier alpha value is -4.85. The van der Waals surface area contributed by atoms with E-state index < -0.39 is 17.4 Å². The van der Waals surface area contributed by atoms with Crippen molar-refractivity contribution < 1.29 is 18.6 Å². The minimum atomic E-state index is -0.964. The largest absolute Gasteiger partial charge is 0.503 e. The molecule has 6 nitrogen and oxygen atoms in total. The molecule has 0 radical (unpaired) electrons. The Morgan fingerprint density at radius 2 is 1.57 bits per heavy atom. The zero-order chi connectivity index (χ0) is 31.1. The average molecular weight is 595 g/mol. The number of phenols is 1. The molecule has 0 aliphatic rings. The molecule has 0 aliphatic carbocycles. The molecule has 0 spiro atoms. The number of nitrogens with one attached hydrogen (secondary N) is 1. The van der Waals surface area contributed by atoms with Crippen molar-refractivity contribution in [2.24, 2.45) is 5.92 Å². The van der Waals surface area contributed by atoms with E-state index in [-0.39, 0.29) is 11.3 Å². The third-order valence-corrected chi connectivity index (χ3v) is 7.62. The van der Waals surface area contributed by atoms with Gasteiger partial charge in [0.05, 0.1) is 0 Å². The van der Waals surface area contributed by atoms with Gasteiger partial charge in [-0.3, -0.25) is 0 Å². The van der Waals surface area contributed by atoms with Crippen LogP contribution in [0.1, 0.15) is 55.0 Å². The summed E-state index contributed by atoms with van der Waals surface area (Å²) in [7, 11) is 0. The molecule has 0 aliphatic heterocycles. The number of hydrogen-bond donors (Lipinski definition) is 2. The maximum atomic E-state index is 14.2. The highest BCUT2D eigenvalue weighted by Crippen LogP contribution is 2.28. The summed E-state index contributed by atoms with van der Waals surface area (Å²) in [6.45, 7) is 7.01. The Kier molecular flexibility index (Phi) is 9.48. The summed E-state index contributed by atoms with van der Waals surface area (Å²) < 4.78 is 34.5. The standard InChI is InChI=1S/C36H36F2N4O2/c1-36(2,3)30-18-13-26(14-19-30)23-44-33-7-5-4-6-28(33)15-12-25(20-27-21-31(37)34(43)32(38)22-27)9-8-24-10-16-29(17-11-24)35-39-41-42-40-35/h4-7,10-19,21-22,25,43H,8-9,20,23H2,1-3H3,(H,39,40,41,42)/b15-12+/t25-/m1/s1. The molecule has 1 aromatic heterocycles. The van der Waals surface area contributed by atoms with Crippen LogP contribution in [0, 0.1) is 17.6 Å². The number of benzene rings is 4. The Bertz CT molecular complexity index is 1670. The lowest BCUT2D eigenvalue weighted by molar-refractivity contribution is 0.305. The molecule has 44 heavy (non-hydrogen) atoms. The highest BCUT2D eigenvalue weighted by molar-refractivity contribution is 5.57. The Labute approximate surface area is 256 Å². The van der Waals surface area contributed by atoms with E-state index in [1.807, 2.05) is 54.6 Å². The van der Waals surface area contributed by atoms with E-state index in [9.17, 15) is 13.9 Å². The maximum absolute atomic E-state index is 14.2. The summed E-state index contributed by atoms with van der Waals surface area (Å²) >= 11 is 0. The van der Waals surface area contributed by atoms with Gasteiger partial charge in [0, 0.05) is 11.1 Å². The number of aromatic amines is 1. The monoisotopic (exact) mass is 594 g/mol. The number of allylic oxidation sites excluding steroid dienone is 1. The molecular weight excluding hydrogens is 558 g/mol. The van der Waals surface area contributed by atoms with E-state index in [1.165, 1.54) is 17.7 Å². The summed E-state index contributed by atoms with van der Waals surface area (Å²) in [5, 5.41) is 23.7. The van der Waals surface area contributed by atoms with Crippen LogP contribution in [-0.4, -0.2) is 25.7 Å². The van der Waals surface area contributed by atoms with Gasteiger partial charge in [-0.2, -0.15) is 5.21 Å². The summed E-state index contributed by atoms with van der Waals surface area (Å²) in [6, 6.07) is 26.6. The molecular formula is C36H36F2N4O2. The van der Waals surface area contributed by atoms with Crippen LogP contribution in [0.3, 0.4) is 0 Å². The molecule has 1 atom stereocenters. The molecule has 0 saturated carbocycles. The number of aromatic nitrogens is 4. The number of tetrazole rings is 1. The lowest BCUT2D eigenvalue weighted by atomic mass is 9.87. The molecule has 0 unspecified atom stereocenters. The number of aromatic hydroxyl groups is 1. The number of hydrogen-bond acceptors (Lipinski definition) is 5. The van der Waals surface area contributed by atoms with E-state index in [0.717, 1.165) is 40.8 Å². The normalized spacial score (nSPS) is 12.5. The van der Waals surface area contributed by atoms with Crippen molar-refractivity contribution in [3.63, 3.8) is 0 Å². The van der Waals surface area contributed by atoms with Gasteiger partial charge in [0.2, 0.25) is 5.82 Å². The number of para-hydroxylation sites is 1. The van der Waals surface area contributed by atoms with Crippen LogP contribution in [0.25, 0.3) is 17.5 Å². The van der Waals surface area contributed by atoms with E-state index in [0.29, 0.717) is 24.4 Å². The van der Waals surface area contributed by atoms with Gasteiger partial charge in [-0.05, 0) is 76.3 Å². The van der Waals surface area contributed by atoms with Gasteiger partial charge < -0.3 is 9.84 Å². The predicted molar refractivity (Wildman–Crippen MR) is 168 cm³/mol. The SMILES string of the molecule is CC(C)(C)c1ccc(COc2ccccc2/C=C/[C@@H](CCc2ccc(-c3nn[nH]n3)cc2)Cc2cc(F)c(O)c(F)c2)cc1. The number of ether oxygens (including phenoxy) is 1. The smallest absolute Gasteiger partial charge is 0.204 e. The van der Waals surface area contributed by atoms with Crippen molar-refractivity contribution in [1.29, 1.82) is 0 Å². The van der Waals surface area contributed by atoms with Gasteiger partial charge >= 0.3 is 0 Å². The van der Waals surface area contributed by atoms with Gasteiger partial charge in [-0.25, -0.2) is 8.78 Å². The first kappa shape index (κ1) is 30.6.